The van der Waals surface area contributed by atoms with Crippen molar-refractivity contribution in [2.75, 3.05) is 5.32 Å². The summed E-state index contributed by atoms with van der Waals surface area (Å²) in [6.07, 6.45) is 4.43. The van der Waals surface area contributed by atoms with Crippen LogP contribution in [0.15, 0.2) is 60.0 Å². The third-order valence-electron chi connectivity index (χ3n) is 3.80. The average Bonchev–Trinajstić information content (AvgIpc) is 3.06. The molecule has 134 valence electrons. The molecule has 0 aliphatic rings. The van der Waals surface area contributed by atoms with E-state index in [-0.39, 0.29) is 11.2 Å². The second-order valence-corrected chi connectivity index (χ2v) is 7.12. The third-order valence-corrected chi connectivity index (χ3v) is 4.88. The fourth-order valence-electron chi connectivity index (χ4n) is 2.49. The number of anilines is 1. The minimum Gasteiger partial charge on any atom is -0.325 e. The molecule has 0 aliphatic heterocycles. The average molecular weight is 367 g/mol. The summed E-state index contributed by atoms with van der Waals surface area (Å²) in [5.41, 5.74) is 1.76. The molecule has 0 saturated carbocycles. The first-order chi connectivity index (χ1) is 12.7. The van der Waals surface area contributed by atoms with Crippen LogP contribution in [0.4, 0.5) is 5.69 Å². The van der Waals surface area contributed by atoms with E-state index in [9.17, 15) is 4.79 Å². The molecule has 6 nitrogen and oxygen atoms in total. The summed E-state index contributed by atoms with van der Waals surface area (Å²) in [5.74, 6) is 0.741. The third kappa shape index (κ3) is 4.29. The SMILES string of the molecule is CCCn1c(S[C@@H](C)C(=O)Nc2ccccc2)nnc1-c1ccncc1. The number of nitrogens with one attached hydrogen (secondary N) is 1. The van der Waals surface area contributed by atoms with Crippen molar-refractivity contribution in [1.29, 1.82) is 0 Å². The molecule has 3 rings (SSSR count). The van der Waals surface area contributed by atoms with E-state index in [1.54, 1.807) is 12.4 Å². The van der Waals surface area contributed by atoms with Gasteiger partial charge in [0.05, 0.1) is 5.25 Å². The molecule has 0 aliphatic carbocycles. The quantitative estimate of drug-likeness (QED) is 0.642. The Labute approximate surface area is 157 Å². The van der Waals surface area contributed by atoms with E-state index in [1.165, 1.54) is 11.8 Å². The van der Waals surface area contributed by atoms with E-state index in [0.29, 0.717) is 0 Å². The zero-order valence-corrected chi connectivity index (χ0v) is 15.6. The highest BCUT2D eigenvalue weighted by atomic mass is 32.2. The summed E-state index contributed by atoms with van der Waals surface area (Å²) in [6.45, 7) is 4.77. The molecule has 0 saturated heterocycles. The number of hydrogen-bond donors (Lipinski definition) is 1. The lowest BCUT2D eigenvalue weighted by atomic mass is 10.2. The van der Waals surface area contributed by atoms with E-state index >= 15 is 0 Å². The van der Waals surface area contributed by atoms with Gasteiger partial charge in [0.15, 0.2) is 11.0 Å². The van der Waals surface area contributed by atoms with Crippen molar-refractivity contribution in [2.24, 2.45) is 0 Å². The topological polar surface area (TPSA) is 72.7 Å². The van der Waals surface area contributed by atoms with Gasteiger partial charge in [0, 0.05) is 30.2 Å². The second-order valence-electron chi connectivity index (χ2n) is 5.81. The second kappa shape index (κ2) is 8.62. The van der Waals surface area contributed by atoms with Crippen LogP contribution in [0.5, 0.6) is 0 Å². The molecular formula is C19H21N5OS. The molecule has 0 unspecified atom stereocenters. The van der Waals surface area contributed by atoms with E-state index in [2.05, 4.69) is 32.0 Å². The highest BCUT2D eigenvalue weighted by Crippen LogP contribution is 2.27. The van der Waals surface area contributed by atoms with Crippen LogP contribution < -0.4 is 5.32 Å². The molecule has 3 aromatic rings. The molecule has 7 heteroatoms. The van der Waals surface area contributed by atoms with Gasteiger partial charge in [0.1, 0.15) is 0 Å². The predicted molar refractivity (Wildman–Crippen MR) is 104 cm³/mol. The van der Waals surface area contributed by atoms with Crippen LogP contribution in [0.1, 0.15) is 20.3 Å². The molecule has 2 heterocycles. The van der Waals surface area contributed by atoms with Gasteiger partial charge in [-0.1, -0.05) is 36.9 Å². The van der Waals surface area contributed by atoms with E-state index in [4.69, 9.17) is 0 Å². The number of pyridine rings is 1. The lowest BCUT2D eigenvalue weighted by Gasteiger charge is -2.13. The van der Waals surface area contributed by atoms with Gasteiger partial charge in [-0.3, -0.25) is 9.78 Å². The first-order valence-electron chi connectivity index (χ1n) is 8.55. The number of aromatic nitrogens is 4. The van der Waals surface area contributed by atoms with Crippen LogP contribution in [0.2, 0.25) is 0 Å². The number of amides is 1. The molecule has 0 bridgehead atoms. The Morgan fingerprint density at radius 2 is 1.88 bits per heavy atom. The van der Waals surface area contributed by atoms with Crippen LogP contribution in [0, 0.1) is 0 Å². The summed E-state index contributed by atoms with van der Waals surface area (Å²) in [4.78, 5) is 16.5. The maximum atomic E-state index is 12.5. The van der Waals surface area contributed by atoms with E-state index < -0.39 is 0 Å². The Bertz CT molecular complexity index is 851. The normalized spacial score (nSPS) is 11.9. The van der Waals surface area contributed by atoms with Gasteiger partial charge in [-0.25, -0.2) is 0 Å². The monoisotopic (exact) mass is 367 g/mol. The molecule has 0 radical (unpaired) electrons. The predicted octanol–water partition coefficient (Wildman–Crippen LogP) is 3.87. The van der Waals surface area contributed by atoms with Crippen molar-refractivity contribution >= 4 is 23.4 Å². The zero-order valence-electron chi connectivity index (χ0n) is 14.8. The standard InChI is InChI=1S/C19H21N5OS/c1-3-13-24-17(15-9-11-20-12-10-15)22-23-19(24)26-14(2)18(25)21-16-7-5-4-6-8-16/h4-12,14H,3,13H2,1-2H3,(H,21,25)/t14-/m0/s1. The fraction of sp³-hybridized carbons (Fsp3) is 0.263. The summed E-state index contributed by atoms with van der Waals surface area (Å²) in [7, 11) is 0. The summed E-state index contributed by atoms with van der Waals surface area (Å²) in [5, 5.41) is 12.0. The molecule has 26 heavy (non-hydrogen) atoms. The lowest BCUT2D eigenvalue weighted by Crippen LogP contribution is -2.22. The number of para-hydroxylation sites is 1. The van der Waals surface area contributed by atoms with Gasteiger partial charge in [-0.15, -0.1) is 10.2 Å². The number of rotatable bonds is 7. The molecule has 2 aromatic heterocycles. The summed E-state index contributed by atoms with van der Waals surface area (Å²) < 4.78 is 2.06. The molecule has 0 fully saturated rings. The minimum atomic E-state index is -0.291. The Morgan fingerprint density at radius 1 is 1.15 bits per heavy atom. The number of thioether (sulfide) groups is 1. The Morgan fingerprint density at radius 3 is 2.58 bits per heavy atom. The van der Waals surface area contributed by atoms with Gasteiger partial charge in [0.2, 0.25) is 5.91 Å². The number of nitrogens with zero attached hydrogens (tertiary/aromatic N) is 4. The molecule has 1 N–H and O–H groups in total. The first kappa shape index (κ1) is 18.1. The Balaban J connectivity index is 1.76. The molecule has 1 amide bonds. The minimum absolute atomic E-state index is 0.0577. The van der Waals surface area contributed by atoms with Crippen LogP contribution in [-0.4, -0.2) is 30.9 Å². The maximum Gasteiger partial charge on any atom is 0.237 e. The van der Waals surface area contributed by atoms with E-state index in [1.807, 2.05) is 49.4 Å². The number of carbonyl (C=O) groups excluding carboxylic acids is 1. The summed E-state index contributed by atoms with van der Waals surface area (Å²) >= 11 is 1.41. The molecule has 1 aromatic carbocycles. The van der Waals surface area contributed by atoms with Crippen LogP contribution in [0.3, 0.4) is 0 Å². The number of hydrogen-bond acceptors (Lipinski definition) is 5. The highest BCUT2D eigenvalue weighted by Gasteiger charge is 2.20. The largest absolute Gasteiger partial charge is 0.325 e. The highest BCUT2D eigenvalue weighted by molar-refractivity contribution is 8.00. The zero-order chi connectivity index (χ0) is 18.4. The van der Waals surface area contributed by atoms with Crippen molar-refractivity contribution in [2.45, 2.75) is 37.2 Å². The molecular weight excluding hydrogens is 346 g/mol. The van der Waals surface area contributed by atoms with Crippen molar-refractivity contribution in [3.05, 3.63) is 54.9 Å². The lowest BCUT2D eigenvalue weighted by molar-refractivity contribution is -0.115. The van der Waals surface area contributed by atoms with Crippen LogP contribution in [0.25, 0.3) is 11.4 Å². The van der Waals surface area contributed by atoms with Crippen LogP contribution in [-0.2, 0) is 11.3 Å². The van der Waals surface area contributed by atoms with Crippen molar-refractivity contribution in [3.8, 4) is 11.4 Å². The Kier molecular flexibility index (Phi) is 6.01. The van der Waals surface area contributed by atoms with Crippen molar-refractivity contribution in [3.63, 3.8) is 0 Å². The number of benzene rings is 1. The summed E-state index contributed by atoms with van der Waals surface area (Å²) in [6, 6.07) is 13.3. The van der Waals surface area contributed by atoms with E-state index in [0.717, 1.165) is 35.2 Å². The van der Waals surface area contributed by atoms with Gasteiger partial charge >= 0.3 is 0 Å². The smallest absolute Gasteiger partial charge is 0.237 e. The van der Waals surface area contributed by atoms with Crippen molar-refractivity contribution < 1.29 is 4.79 Å². The first-order valence-corrected chi connectivity index (χ1v) is 9.43. The maximum absolute atomic E-state index is 12.5. The Hall–Kier alpha value is -2.67. The van der Waals surface area contributed by atoms with Gasteiger partial charge < -0.3 is 9.88 Å². The number of carbonyl (C=O) groups is 1. The molecule has 0 spiro atoms. The molecule has 1 atom stereocenters. The van der Waals surface area contributed by atoms with Gasteiger partial charge in [0.25, 0.3) is 0 Å². The van der Waals surface area contributed by atoms with Crippen LogP contribution >= 0.6 is 11.8 Å². The van der Waals surface area contributed by atoms with Gasteiger partial charge in [-0.05, 0) is 37.6 Å². The van der Waals surface area contributed by atoms with Crippen molar-refractivity contribution in [1.82, 2.24) is 19.7 Å². The fourth-order valence-corrected chi connectivity index (χ4v) is 3.37. The van der Waals surface area contributed by atoms with Gasteiger partial charge in [-0.2, -0.15) is 0 Å².